The van der Waals surface area contributed by atoms with Gasteiger partial charge in [-0.15, -0.1) is 10.2 Å². The number of carbonyl (C=O) groups is 1. The minimum Gasteiger partial charge on any atom is -0.342 e. The van der Waals surface area contributed by atoms with Crippen LogP contribution < -0.4 is 0 Å². The molecule has 0 unspecified atom stereocenters. The van der Waals surface area contributed by atoms with Crippen molar-refractivity contribution >= 4 is 15.9 Å². The third-order valence-corrected chi connectivity index (χ3v) is 11.3. The van der Waals surface area contributed by atoms with Gasteiger partial charge in [0.2, 0.25) is 15.9 Å². The Bertz CT molecular complexity index is 1270. The zero-order valence-electron chi connectivity index (χ0n) is 26.0. The van der Waals surface area contributed by atoms with Crippen LogP contribution in [0.4, 0.5) is 0 Å². The lowest BCUT2D eigenvalue weighted by Crippen LogP contribution is -2.47. The molecule has 3 fully saturated rings. The number of aryl methyl sites for hydroxylation is 1. The standard InChI is InChI=1S/C32H50N6O3S/c1-24(2)31-34-33-25(3)38(31)29-14-17-35(18-15-29)19-16-30(26-8-6-5-7-9-26)27-10-20-36(21-11-27)32(39)28-12-22-37(23-13-28)42(4,40)41/h5-9,24,27-30H,10-23H2,1-4H3/t30-/m0/s1. The quantitative estimate of drug-likeness (QED) is 0.424. The number of aromatic nitrogens is 3. The number of hydrogen-bond donors (Lipinski definition) is 0. The Hall–Kier alpha value is -2.30. The highest BCUT2D eigenvalue weighted by molar-refractivity contribution is 7.88. The third kappa shape index (κ3) is 7.25. The second-order valence-electron chi connectivity index (χ2n) is 13.1. The van der Waals surface area contributed by atoms with Crippen LogP contribution >= 0.6 is 0 Å². The number of rotatable bonds is 9. The zero-order chi connectivity index (χ0) is 29.9. The van der Waals surface area contributed by atoms with Crippen LogP contribution in [0.5, 0.6) is 0 Å². The molecule has 10 heteroatoms. The normalized spacial score (nSPS) is 21.7. The van der Waals surface area contributed by atoms with Crippen LogP contribution in [0.1, 0.15) is 93.9 Å². The number of carbonyl (C=O) groups excluding carboxylic acids is 1. The van der Waals surface area contributed by atoms with Gasteiger partial charge in [-0.3, -0.25) is 4.79 Å². The summed E-state index contributed by atoms with van der Waals surface area (Å²) in [5.74, 6) is 3.76. The number of amides is 1. The summed E-state index contributed by atoms with van der Waals surface area (Å²) in [6.07, 6.45) is 7.99. The summed E-state index contributed by atoms with van der Waals surface area (Å²) in [7, 11) is -3.18. The minimum absolute atomic E-state index is 0.0501. The van der Waals surface area contributed by atoms with Gasteiger partial charge in [0.15, 0.2) is 0 Å². The van der Waals surface area contributed by atoms with Gasteiger partial charge >= 0.3 is 0 Å². The smallest absolute Gasteiger partial charge is 0.225 e. The van der Waals surface area contributed by atoms with Crippen LogP contribution in [0, 0.1) is 18.8 Å². The Morgan fingerprint density at radius 2 is 1.55 bits per heavy atom. The van der Waals surface area contributed by atoms with Crippen LogP contribution in [-0.2, 0) is 14.8 Å². The van der Waals surface area contributed by atoms with Crippen molar-refractivity contribution in [2.75, 3.05) is 52.1 Å². The maximum atomic E-state index is 13.3. The molecule has 1 aromatic heterocycles. The van der Waals surface area contributed by atoms with Crippen molar-refractivity contribution in [1.82, 2.24) is 28.9 Å². The molecule has 0 aliphatic carbocycles. The van der Waals surface area contributed by atoms with Gasteiger partial charge in [0.25, 0.3) is 0 Å². The Morgan fingerprint density at radius 3 is 2.14 bits per heavy atom. The second kappa shape index (κ2) is 13.6. The van der Waals surface area contributed by atoms with Gasteiger partial charge in [-0.25, -0.2) is 12.7 Å². The fourth-order valence-electron chi connectivity index (χ4n) is 7.54. The van der Waals surface area contributed by atoms with Gasteiger partial charge in [0.1, 0.15) is 11.6 Å². The highest BCUT2D eigenvalue weighted by Crippen LogP contribution is 2.37. The van der Waals surface area contributed by atoms with Crippen LogP contribution in [0.2, 0.25) is 0 Å². The maximum absolute atomic E-state index is 13.3. The van der Waals surface area contributed by atoms with E-state index in [2.05, 4.69) is 75.7 Å². The molecule has 232 valence electrons. The number of sulfonamides is 1. The molecule has 0 N–H and O–H groups in total. The molecular weight excluding hydrogens is 548 g/mol. The molecule has 0 bridgehead atoms. The van der Waals surface area contributed by atoms with E-state index in [4.69, 9.17) is 0 Å². The van der Waals surface area contributed by atoms with E-state index in [0.29, 0.717) is 49.7 Å². The van der Waals surface area contributed by atoms with Crippen molar-refractivity contribution in [3.63, 3.8) is 0 Å². The average Bonchev–Trinajstić information content (AvgIpc) is 3.39. The van der Waals surface area contributed by atoms with Crippen molar-refractivity contribution in [2.45, 2.75) is 83.6 Å². The minimum atomic E-state index is -3.18. The fraction of sp³-hybridized carbons (Fsp3) is 0.719. The molecule has 1 aromatic carbocycles. The highest BCUT2D eigenvalue weighted by atomic mass is 32.2. The van der Waals surface area contributed by atoms with Crippen LogP contribution in [-0.4, -0.2) is 95.3 Å². The summed E-state index contributed by atoms with van der Waals surface area (Å²) in [6, 6.07) is 11.5. The van der Waals surface area contributed by atoms with Crippen LogP contribution in [0.3, 0.4) is 0 Å². The molecule has 0 radical (unpaired) electrons. The summed E-state index contributed by atoms with van der Waals surface area (Å²) in [5, 5.41) is 8.84. The van der Waals surface area contributed by atoms with Gasteiger partial charge in [-0.2, -0.15) is 0 Å². The number of piperidine rings is 3. The molecule has 3 saturated heterocycles. The number of likely N-dealkylation sites (tertiary alicyclic amines) is 2. The summed E-state index contributed by atoms with van der Waals surface area (Å²) in [6.45, 7) is 12.3. The van der Waals surface area contributed by atoms with Gasteiger partial charge in [0.05, 0.1) is 6.26 Å². The first-order valence-corrected chi connectivity index (χ1v) is 17.9. The van der Waals surface area contributed by atoms with Gasteiger partial charge in [-0.1, -0.05) is 44.2 Å². The van der Waals surface area contributed by atoms with Gasteiger partial charge in [0, 0.05) is 57.1 Å². The van der Waals surface area contributed by atoms with E-state index < -0.39 is 10.0 Å². The van der Waals surface area contributed by atoms with E-state index in [1.807, 2.05) is 0 Å². The van der Waals surface area contributed by atoms with E-state index in [9.17, 15) is 13.2 Å². The van der Waals surface area contributed by atoms with E-state index >= 15 is 0 Å². The van der Waals surface area contributed by atoms with E-state index in [1.54, 1.807) is 0 Å². The monoisotopic (exact) mass is 598 g/mol. The van der Waals surface area contributed by atoms with E-state index in [1.165, 1.54) is 16.1 Å². The van der Waals surface area contributed by atoms with Gasteiger partial charge < -0.3 is 14.4 Å². The molecule has 3 aliphatic heterocycles. The summed E-state index contributed by atoms with van der Waals surface area (Å²) in [5.41, 5.74) is 1.42. The topological polar surface area (TPSA) is 91.6 Å². The molecule has 0 spiro atoms. The molecule has 5 rings (SSSR count). The highest BCUT2D eigenvalue weighted by Gasteiger charge is 2.35. The number of hydrogen-bond acceptors (Lipinski definition) is 6. The summed E-state index contributed by atoms with van der Waals surface area (Å²) < 4.78 is 27.6. The Labute approximate surface area is 252 Å². The first-order chi connectivity index (χ1) is 20.1. The van der Waals surface area contributed by atoms with Crippen molar-refractivity contribution in [3.05, 3.63) is 47.5 Å². The second-order valence-corrected chi connectivity index (χ2v) is 15.1. The third-order valence-electron chi connectivity index (χ3n) is 10.0. The molecule has 3 aliphatic rings. The largest absolute Gasteiger partial charge is 0.342 e. The Morgan fingerprint density at radius 1 is 0.905 bits per heavy atom. The maximum Gasteiger partial charge on any atom is 0.225 e. The molecule has 1 atom stereocenters. The van der Waals surface area contributed by atoms with Crippen LogP contribution in [0.25, 0.3) is 0 Å². The zero-order valence-corrected chi connectivity index (χ0v) is 26.8. The predicted molar refractivity (Wildman–Crippen MR) is 166 cm³/mol. The predicted octanol–water partition coefficient (Wildman–Crippen LogP) is 4.43. The lowest BCUT2D eigenvalue weighted by molar-refractivity contribution is -0.138. The first kappa shape index (κ1) is 31.1. The number of benzene rings is 1. The molecule has 2 aromatic rings. The van der Waals surface area contributed by atoms with Crippen molar-refractivity contribution < 1.29 is 13.2 Å². The molecule has 4 heterocycles. The molecule has 42 heavy (non-hydrogen) atoms. The molecule has 1 amide bonds. The Balaban J connectivity index is 1.14. The molecular formula is C32H50N6O3S. The fourth-order valence-corrected chi connectivity index (χ4v) is 8.42. The van der Waals surface area contributed by atoms with Crippen LogP contribution in [0.15, 0.2) is 30.3 Å². The number of nitrogens with zero attached hydrogens (tertiary/aromatic N) is 6. The first-order valence-electron chi connectivity index (χ1n) is 16.0. The SMILES string of the molecule is Cc1nnc(C(C)C)n1C1CCN(CC[C@@H](c2ccccc2)C2CCN(C(=O)C3CCN(S(C)(=O)=O)CC3)CC2)CC1. The summed E-state index contributed by atoms with van der Waals surface area (Å²) in [4.78, 5) is 18.0. The van der Waals surface area contributed by atoms with E-state index in [0.717, 1.165) is 76.5 Å². The molecule has 9 nitrogen and oxygen atoms in total. The van der Waals surface area contributed by atoms with Crippen molar-refractivity contribution in [3.8, 4) is 0 Å². The van der Waals surface area contributed by atoms with Crippen molar-refractivity contribution in [2.24, 2.45) is 11.8 Å². The molecule has 0 saturated carbocycles. The summed E-state index contributed by atoms with van der Waals surface area (Å²) >= 11 is 0. The Kier molecular flexibility index (Phi) is 10.0. The van der Waals surface area contributed by atoms with E-state index in [-0.39, 0.29) is 11.8 Å². The average molecular weight is 599 g/mol. The lowest BCUT2D eigenvalue weighted by Gasteiger charge is -2.40. The van der Waals surface area contributed by atoms with Gasteiger partial charge in [-0.05, 0) is 75.8 Å². The van der Waals surface area contributed by atoms with Crippen molar-refractivity contribution in [1.29, 1.82) is 0 Å². The lowest BCUT2D eigenvalue weighted by atomic mass is 9.77.